The maximum Gasteiger partial charge on any atom is 0.264 e. The zero-order valence-corrected chi connectivity index (χ0v) is 11.2. The second kappa shape index (κ2) is 6.50. The zero-order chi connectivity index (χ0) is 15.2. The van der Waals surface area contributed by atoms with Crippen molar-refractivity contribution < 1.29 is 18.0 Å². The van der Waals surface area contributed by atoms with Crippen LogP contribution >= 0.6 is 0 Å². The predicted octanol–water partition coefficient (Wildman–Crippen LogP) is 1.27. The van der Waals surface area contributed by atoms with Crippen molar-refractivity contribution >= 4 is 21.8 Å². The van der Waals surface area contributed by atoms with E-state index in [1.165, 1.54) is 18.2 Å². The first-order valence-electron chi connectivity index (χ1n) is 5.27. The van der Waals surface area contributed by atoms with Crippen LogP contribution in [-0.4, -0.2) is 20.2 Å². The number of sulfonamides is 1. The van der Waals surface area contributed by atoms with E-state index >= 15 is 0 Å². The topological polar surface area (TPSA) is 129 Å². The lowest BCUT2D eigenvalue weighted by molar-refractivity contribution is -0.123. The van der Waals surface area contributed by atoms with Gasteiger partial charge in [-0.1, -0.05) is 18.2 Å². The van der Waals surface area contributed by atoms with Crippen LogP contribution in [0, 0.1) is 0 Å². The summed E-state index contributed by atoms with van der Waals surface area (Å²) in [5.74, 6) is -0.595. The van der Waals surface area contributed by atoms with Crippen LogP contribution in [0.2, 0.25) is 0 Å². The van der Waals surface area contributed by atoms with Crippen LogP contribution in [-0.2, 0) is 19.6 Å². The number of hydrogen-bond acceptors (Lipinski definition) is 4. The molecule has 1 heterocycles. The number of azide groups is 1. The Bertz CT molecular complexity index is 703. The van der Waals surface area contributed by atoms with Crippen molar-refractivity contribution in [3.05, 3.63) is 52.4 Å². The SMILES string of the molecule is CC1=CC(=O)NC1=O.[N-]=[N+]=NS(=O)(=O)c1ccccc1. The molecule has 0 aromatic heterocycles. The number of carbonyl (C=O) groups excluding carboxylic acids is 2. The van der Waals surface area contributed by atoms with E-state index in [0.29, 0.717) is 5.57 Å². The number of carbonyl (C=O) groups is 2. The number of amides is 2. The van der Waals surface area contributed by atoms with Gasteiger partial charge in [0.1, 0.15) is 0 Å². The van der Waals surface area contributed by atoms with Crippen molar-refractivity contribution in [3.8, 4) is 0 Å². The molecule has 0 unspecified atom stereocenters. The summed E-state index contributed by atoms with van der Waals surface area (Å²) in [5.41, 5.74) is 8.42. The van der Waals surface area contributed by atoms with E-state index < -0.39 is 10.0 Å². The van der Waals surface area contributed by atoms with E-state index in [9.17, 15) is 18.0 Å². The quantitative estimate of drug-likeness (QED) is 0.381. The van der Waals surface area contributed by atoms with Gasteiger partial charge in [0.05, 0.1) is 4.90 Å². The predicted molar refractivity (Wildman–Crippen MR) is 69.7 cm³/mol. The average Bonchev–Trinajstić information content (AvgIpc) is 2.68. The van der Waals surface area contributed by atoms with E-state index in [0.717, 1.165) is 0 Å². The van der Waals surface area contributed by atoms with E-state index in [4.69, 9.17) is 5.53 Å². The first kappa shape index (κ1) is 15.4. The van der Waals surface area contributed by atoms with Gasteiger partial charge in [-0.05, 0) is 24.6 Å². The van der Waals surface area contributed by atoms with Gasteiger partial charge in [0.25, 0.3) is 21.8 Å². The third kappa shape index (κ3) is 4.23. The summed E-state index contributed by atoms with van der Waals surface area (Å²) in [6.45, 7) is 1.60. The molecule has 1 N–H and O–H groups in total. The Hall–Kier alpha value is -2.64. The highest BCUT2D eigenvalue weighted by atomic mass is 32.2. The number of imide groups is 1. The number of hydrogen-bond donors (Lipinski definition) is 1. The molecule has 0 radical (unpaired) electrons. The molecule has 20 heavy (non-hydrogen) atoms. The second-order valence-corrected chi connectivity index (χ2v) is 5.19. The lowest BCUT2D eigenvalue weighted by Gasteiger charge is -1.93. The van der Waals surface area contributed by atoms with E-state index in [-0.39, 0.29) is 16.7 Å². The van der Waals surface area contributed by atoms with E-state index in [1.54, 1.807) is 25.1 Å². The zero-order valence-electron chi connectivity index (χ0n) is 10.3. The standard InChI is InChI=1S/C6H5N3O2S.C5H5NO2/c7-8-9-12(10,11)6-4-2-1-3-5-6;1-3-2-4(7)6-5(3)8/h1-5H;2H,1H3,(H,6,7,8). The number of benzene rings is 1. The third-order valence-corrected chi connectivity index (χ3v) is 3.28. The molecule has 2 rings (SSSR count). The Balaban J connectivity index is 0.000000217. The molecule has 1 aromatic carbocycles. The summed E-state index contributed by atoms with van der Waals surface area (Å²) in [7, 11) is -3.80. The second-order valence-electron chi connectivity index (χ2n) is 3.60. The molecule has 104 valence electrons. The van der Waals surface area contributed by atoms with Gasteiger partial charge in [-0.3, -0.25) is 14.9 Å². The fourth-order valence-corrected chi connectivity index (χ4v) is 1.89. The van der Waals surface area contributed by atoms with Crippen molar-refractivity contribution in [3.63, 3.8) is 0 Å². The van der Waals surface area contributed by atoms with Crippen LogP contribution in [0.5, 0.6) is 0 Å². The molecule has 0 atom stereocenters. The molecule has 1 aromatic rings. The normalized spacial score (nSPS) is 13.6. The van der Waals surface area contributed by atoms with Gasteiger partial charge in [-0.15, -0.1) is 0 Å². The molecule has 0 saturated carbocycles. The van der Waals surface area contributed by atoms with Crippen molar-refractivity contribution in [2.45, 2.75) is 11.8 Å². The van der Waals surface area contributed by atoms with Gasteiger partial charge in [0.2, 0.25) is 0 Å². The first-order chi connectivity index (χ1) is 9.36. The summed E-state index contributed by atoms with van der Waals surface area (Å²) in [4.78, 5) is 22.9. The largest absolute Gasteiger partial charge is 0.289 e. The highest BCUT2D eigenvalue weighted by molar-refractivity contribution is 7.90. The molecular formula is C11H10N4O4S. The maximum atomic E-state index is 11.0. The molecule has 1 aliphatic heterocycles. The molecule has 0 saturated heterocycles. The Kier molecular flexibility index (Phi) is 5.01. The number of rotatable bonds is 2. The summed E-state index contributed by atoms with van der Waals surface area (Å²) in [6.07, 6.45) is 1.28. The smallest absolute Gasteiger partial charge is 0.264 e. The molecule has 0 bridgehead atoms. The first-order valence-corrected chi connectivity index (χ1v) is 6.71. The lowest BCUT2D eigenvalue weighted by atomic mass is 10.3. The minimum Gasteiger partial charge on any atom is -0.289 e. The molecule has 9 heteroatoms. The van der Waals surface area contributed by atoms with Crippen molar-refractivity contribution in [2.24, 2.45) is 4.52 Å². The van der Waals surface area contributed by atoms with E-state index in [2.05, 4.69) is 14.7 Å². The highest BCUT2D eigenvalue weighted by Crippen LogP contribution is 2.10. The summed E-state index contributed by atoms with van der Waals surface area (Å²) in [6, 6.07) is 7.52. The van der Waals surface area contributed by atoms with Crippen molar-refractivity contribution in [1.82, 2.24) is 5.32 Å². The molecule has 8 nitrogen and oxygen atoms in total. The third-order valence-electron chi connectivity index (χ3n) is 2.13. The van der Waals surface area contributed by atoms with Crippen molar-refractivity contribution in [1.29, 1.82) is 0 Å². The molecule has 0 aliphatic carbocycles. The molecule has 0 spiro atoms. The van der Waals surface area contributed by atoms with E-state index in [1.807, 2.05) is 0 Å². The minimum absolute atomic E-state index is 0.00259. The molecule has 2 amide bonds. The lowest BCUT2D eigenvalue weighted by Crippen LogP contribution is -2.21. The van der Waals surface area contributed by atoms with Crippen LogP contribution in [0.25, 0.3) is 10.4 Å². The van der Waals surface area contributed by atoms with Crippen LogP contribution in [0.3, 0.4) is 0 Å². The van der Waals surface area contributed by atoms with Gasteiger partial charge in [-0.2, -0.15) is 0 Å². The van der Waals surface area contributed by atoms with Crippen LogP contribution in [0.15, 0.2) is 51.4 Å². The summed E-state index contributed by atoms with van der Waals surface area (Å²) >= 11 is 0. The monoisotopic (exact) mass is 294 g/mol. The van der Waals surface area contributed by atoms with Crippen molar-refractivity contribution in [2.75, 3.05) is 0 Å². The number of nitrogens with zero attached hydrogens (tertiary/aromatic N) is 3. The maximum absolute atomic E-state index is 11.0. The van der Waals surface area contributed by atoms with Gasteiger partial charge in [-0.25, -0.2) is 8.42 Å². The Morgan fingerprint density at radius 1 is 1.20 bits per heavy atom. The molecule has 0 fully saturated rings. The molecular weight excluding hydrogens is 284 g/mol. The average molecular weight is 294 g/mol. The fraction of sp³-hybridized carbons (Fsp3) is 0.0909. The Morgan fingerprint density at radius 2 is 1.80 bits per heavy atom. The van der Waals surface area contributed by atoms with Gasteiger partial charge < -0.3 is 0 Å². The van der Waals surface area contributed by atoms with Crippen LogP contribution in [0.1, 0.15) is 6.92 Å². The minimum atomic E-state index is -3.80. The highest BCUT2D eigenvalue weighted by Gasteiger charge is 2.15. The molecule has 1 aliphatic rings. The Labute approximate surface area is 114 Å². The van der Waals surface area contributed by atoms with Gasteiger partial charge >= 0.3 is 0 Å². The summed E-state index contributed by atoms with van der Waals surface area (Å²) < 4.78 is 24.7. The van der Waals surface area contributed by atoms with Gasteiger partial charge in [0, 0.05) is 21.1 Å². The number of nitrogens with one attached hydrogen (secondary N) is 1. The van der Waals surface area contributed by atoms with Crippen LogP contribution < -0.4 is 5.32 Å². The Morgan fingerprint density at radius 3 is 2.15 bits per heavy atom. The summed E-state index contributed by atoms with van der Waals surface area (Å²) in [5, 5.41) is 2.10. The van der Waals surface area contributed by atoms with Crippen LogP contribution in [0.4, 0.5) is 0 Å². The fourth-order valence-electron chi connectivity index (χ4n) is 1.20. The van der Waals surface area contributed by atoms with Gasteiger partial charge in [0.15, 0.2) is 0 Å².